The zero-order chi connectivity index (χ0) is 19.8. The van der Waals surface area contributed by atoms with Crippen molar-refractivity contribution >= 4 is 28.0 Å². The lowest BCUT2D eigenvalue weighted by Crippen LogP contribution is -2.30. The number of H-pyrrole nitrogens is 1. The van der Waals surface area contributed by atoms with Crippen LogP contribution in [0.2, 0.25) is 0 Å². The van der Waals surface area contributed by atoms with E-state index in [-0.39, 0.29) is 5.91 Å². The third-order valence-electron chi connectivity index (χ3n) is 6.64. The molecule has 3 aromatic heterocycles. The van der Waals surface area contributed by atoms with Gasteiger partial charge in [-0.15, -0.1) is 0 Å². The maximum absolute atomic E-state index is 12.9. The Hall–Kier alpha value is -2.88. The normalized spacial score (nSPS) is 22.4. The van der Waals surface area contributed by atoms with Gasteiger partial charge in [0.05, 0.1) is 24.2 Å². The monoisotopic (exact) mass is 390 g/mol. The molecule has 150 valence electrons. The molecule has 0 bridgehead atoms. The number of carbonyl (C=O) groups is 1. The molecule has 1 amide bonds. The van der Waals surface area contributed by atoms with Crippen LogP contribution in [0.1, 0.15) is 56.8 Å². The smallest absolute Gasteiger partial charge is 0.230 e. The van der Waals surface area contributed by atoms with E-state index >= 15 is 0 Å². The molecule has 29 heavy (non-hydrogen) atoms. The highest BCUT2D eigenvalue weighted by Gasteiger charge is 2.28. The number of rotatable bonds is 4. The Morgan fingerprint density at radius 1 is 1.24 bits per heavy atom. The molecule has 7 heteroatoms. The number of fused-ring (bicyclic) bond motifs is 3. The molecule has 5 rings (SSSR count). The lowest BCUT2D eigenvalue weighted by Gasteiger charge is -2.30. The Morgan fingerprint density at radius 2 is 2.03 bits per heavy atom. The number of hydrogen-bond acceptors (Lipinski definition) is 4. The Balaban J connectivity index is 1.54. The number of nitrogens with zero attached hydrogens (tertiary/aromatic N) is 5. The van der Waals surface area contributed by atoms with Crippen molar-refractivity contribution < 1.29 is 4.79 Å². The van der Waals surface area contributed by atoms with Gasteiger partial charge in [-0.25, -0.2) is 9.97 Å². The summed E-state index contributed by atoms with van der Waals surface area (Å²) in [6.07, 6.45) is 11.1. The molecular weight excluding hydrogens is 364 g/mol. The lowest BCUT2D eigenvalue weighted by atomic mass is 9.84. The number of aromatic amines is 1. The maximum atomic E-state index is 12.9. The van der Waals surface area contributed by atoms with Crippen LogP contribution in [-0.2, 0) is 11.2 Å². The molecule has 2 aliphatic rings. The Bertz CT molecular complexity index is 1080. The van der Waals surface area contributed by atoms with Crippen LogP contribution in [0.15, 0.2) is 18.5 Å². The average molecular weight is 390 g/mol. The second kappa shape index (κ2) is 7.51. The number of aromatic nitrogens is 4. The van der Waals surface area contributed by atoms with Crippen molar-refractivity contribution in [1.82, 2.24) is 24.4 Å². The fourth-order valence-corrected chi connectivity index (χ4v) is 5.11. The summed E-state index contributed by atoms with van der Waals surface area (Å²) in [5.41, 5.74) is 2.80. The van der Waals surface area contributed by atoms with Crippen LogP contribution in [0.25, 0.3) is 22.1 Å². The van der Waals surface area contributed by atoms with Gasteiger partial charge in [0.25, 0.3) is 0 Å². The van der Waals surface area contributed by atoms with E-state index in [0.29, 0.717) is 24.8 Å². The topological polar surface area (TPSA) is 90.6 Å². The predicted molar refractivity (Wildman–Crippen MR) is 110 cm³/mol. The van der Waals surface area contributed by atoms with E-state index in [1.54, 1.807) is 0 Å². The number of carbonyl (C=O) groups excluding carboxylic acids is 1. The maximum Gasteiger partial charge on any atom is 0.230 e. The van der Waals surface area contributed by atoms with Crippen molar-refractivity contribution in [2.75, 3.05) is 13.1 Å². The van der Waals surface area contributed by atoms with Gasteiger partial charge in [-0.1, -0.05) is 0 Å². The van der Waals surface area contributed by atoms with Gasteiger partial charge in [0.15, 0.2) is 0 Å². The second-order valence-corrected chi connectivity index (χ2v) is 8.43. The van der Waals surface area contributed by atoms with Gasteiger partial charge in [0, 0.05) is 37.1 Å². The Kier molecular flexibility index (Phi) is 4.70. The molecular formula is C22H26N6O. The zero-order valence-electron chi connectivity index (χ0n) is 16.6. The molecule has 1 aliphatic carbocycles. The fourth-order valence-electron chi connectivity index (χ4n) is 5.11. The molecule has 0 atom stereocenters. The van der Waals surface area contributed by atoms with Crippen molar-refractivity contribution in [3.8, 4) is 6.07 Å². The van der Waals surface area contributed by atoms with Gasteiger partial charge in [0.1, 0.15) is 17.0 Å². The molecule has 1 aliphatic heterocycles. The SMILES string of the molecule is N#CCC1CCC(n2c(CC(=O)N3CCCC3)nc3cnc4[nH]ccc4c32)CC1. The molecule has 7 nitrogen and oxygen atoms in total. The lowest BCUT2D eigenvalue weighted by molar-refractivity contribution is -0.129. The molecule has 0 radical (unpaired) electrons. The van der Waals surface area contributed by atoms with Crippen molar-refractivity contribution in [3.63, 3.8) is 0 Å². The van der Waals surface area contributed by atoms with Crippen LogP contribution in [0.5, 0.6) is 0 Å². The van der Waals surface area contributed by atoms with Crippen LogP contribution in [-0.4, -0.2) is 43.4 Å². The molecule has 1 saturated carbocycles. The number of hydrogen-bond donors (Lipinski definition) is 1. The summed E-state index contributed by atoms with van der Waals surface area (Å²) in [5, 5.41) is 10.1. The van der Waals surface area contributed by atoms with E-state index in [0.717, 1.165) is 79.5 Å². The van der Waals surface area contributed by atoms with Crippen molar-refractivity contribution in [1.29, 1.82) is 5.26 Å². The standard InChI is InChI=1S/C22H26N6O/c23-9-7-15-3-5-16(6-4-15)28-19(13-20(29)27-11-1-2-12-27)26-18-14-25-22-17(21(18)28)8-10-24-22/h8,10,14-16H,1-7,11-13H2,(H,24,25). The molecule has 2 fully saturated rings. The zero-order valence-corrected chi connectivity index (χ0v) is 16.6. The van der Waals surface area contributed by atoms with Crippen LogP contribution >= 0.6 is 0 Å². The molecule has 1 saturated heterocycles. The van der Waals surface area contributed by atoms with E-state index in [1.807, 2.05) is 17.3 Å². The van der Waals surface area contributed by atoms with Crippen molar-refractivity contribution in [3.05, 3.63) is 24.3 Å². The molecule has 0 unspecified atom stereocenters. The van der Waals surface area contributed by atoms with E-state index < -0.39 is 0 Å². The Morgan fingerprint density at radius 3 is 2.79 bits per heavy atom. The summed E-state index contributed by atoms with van der Waals surface area (Å²) >= 11 is 0. The number of amides is 1. The first-order valence-corrected chi connectivity index (χ1v) is 10.7. The molecule has 4 heterocycles. The Labute approximate surface area is 169 Å². The van der Waals surface area contributed by atoms with E-state index in [9.17, 15) is 4.79 Å². The molecule has 0 aromatic carbocycles. The fraction of sp³-hybridized carbons (Fsp3) is 0.545. The van der Waals surface area contributed by atoms with E-state index in [4.69, 9.17) is 10.2 Å². The number of nitrogens with one attached hydrogen (secondary N) is 1. The van der Waals surface area contributed by atoms with Crippen LogP contribution < -0.4 is 0 Å². The third-order valence-corrected chi connectivity index (χ3v) is 6.64. The second-order valence-electron chi connectivity index (χ2n) is 8.43. The van der Waals surface area contributed by atoms with Gasteiger partial charge >= 0.3 is 0 Å². The highest BCUT2D eigenvalue weighted by atomic mass is 16.2. The van der Waals surface area contributed by atoms with Gasteiger partial charge < -0.3 is 14.5 Å². The van der Waals surface area contributed by atoms with E-state index in [2.05, 4.69) is 26.7 Å². The quantitative estimate of drug-likeness (QED) is 0.735. The molecule has 0 spiro atoms. The first kappa shape index (κ1) is 18.2. The van der Waals surface area contributed by atoms with Crippen molar-refractivity contribution in [2.45, 2.75) is 57.4 Å². The van der Waals surface area contributed by atoms with Gasteiger partial charge in [0.2, 0.25) is 5.91 Å². The highest BCUT2D eigenvalue weighted by Crippen LogP contribution is 2.38. The van der Waals surface area contributed by atoms with Gasteiger partial charge in [-0.05, 0) is 50.5 Å². The van der Waals surface area contributed by atoms with Crippen LogP contribution in [0.4, 0.5) is 0 Å². The first-order valence-electron chi connectivity index (χ1n) is 10.7. The minimum Gasteiger partial charge on any atom is -0.346 e. The predicted octanol–water partition coefficient (Wildman–Crippen LogP) is 3.72. The first-order chi connectivity index (χ1) is 14.2. The van der Waals surface area contributed by atoms with Crippen molar-refractivity contribution in [2.24, 2.45) is 5.92 Å². The molecule has 1 N–H and O–H groups in total. The summed E-state index contributed by atoms with van der Waals surface area (Å²) in [6, 6.07) is 4.69. The summed E-state index contributed by atoms with van der Waals surface area (Å²) in [5.74, 6) is 1.53. The minimum atomic E-state index is 0.176. The summed E-state index contributed by atoms with van der Waals surface area (Å²) < 4.78 is 2.32. The third kappa shape index (κ3) is 3.27. The average Bonchev–Trinajstić information content (AvgIpc) is 3.47. The highest BCUT2D eigenvalue weighted by molar-refractivity contribution is 6.01. The molecule has 3 aromatic rings. The van der Waals surface area contributed by atoms with Crippen LogP contribution in [0.3, 0.4) is 0 Å². The summed E-state index contributed by atoms with van der Waals surface area (Å²) in [4.78, 5) is 27.4. The number of pyridine rings is 1. The summed E-state index contributed by atoms with van der Waals surface area (Å²) in [6.45, 7) is 1.73. The minimum absolute atomic E-state index is 0.176. The van der Waals surface area contributed by atoms with Gasteiger partial charge in [-0.2, -0.15) is 5.26 Å². The largest absolute Gasteiger partial charge is 0.346 e. The number of nitriles is 1. The van der Waals surface area contributed by atoms with Crippen LogP contribution in [0, 0.1) is 17.2 Å². The van der Waals surface area contributed by atoms with Gasteiger partial charge in [-0.3, -0.25) is 4.79 Å². The van der Waals surface area contributed by atoms with E-state index in [1.165, 1.54) is 0 Å². The number of imidazole rings is 1. The summed E-state index contributed by atoms with van der Waals surface area (Å²) in [7, 11) is 0. The number of likely N-dealkylation sites (tertiary alicyclic amines) is 1.